The zero-order valence-corrected chi connectivity index (χ0v) is 13.3. The Kier molecular flexibility index (Phi) is 4.68. The van der Waals surface area contributed by atoms with Crippen molar-refractivity contribution in [1.29, 1.82) is 0 Å². The van der Waals surface area contributed by atoms with Crippen molar-refractivity contribution in [2.24, 2.45) is 5.92 Å². The summed E-state index contributed by atoms with van der Waals surface area (Å²) >= 11 is 6.11. The molecule has 0 aromatic heterocycles. The molecule has 2 saturated heterocycles. The van der Waals surface area contributed by atoms with Crippen LogP contribution in [-0.4, -0.2) is 52.3 Å². The van der Waals surface area contributed by atoms with Gasteiger partial charge in [-0.2, -0.15) is 0 Å². The van der Waals surface area contributed by atoms with Gasteiger partial charge in [0.2, 0.25) is 5.91 Å². The minimum atomic E-state index is -1.32. The molecule has 2 aliphatic heterocycles. The van der Waals surface area contributed by atoms with Crippen LogP contribution in [-0.2, 0) is 9.59 Å². The minimum absolute atomic E-state index is 0.135. The maximum absolute atomic E-state index is 12.7. The second-order valence-corrected chi connectivity index (χ2v) is 6.43. The highest BCUT2D eigenvalue weighted by atomic mass is 35.5. The minimum Gasteiger partial charge on any atom is -0.368 e. The zero-order valence-electron chi connectivity index (χ0n) is 12.6. The number of piperidine rings is 1. The number of aliphatic hydroxyl groups is 2. The van der Waals surface area contributed by atoms with E-state index in [2.05, 4.69) is 0 Å². The molecule has 2 fully saturated rings. The molecular weight excluding hydrogens is 320 g/mol. The molecule has 124 valence electrons. The van der Waals surface area contributed by atoms with Crippen LogP contribution in [0.25, 0.3) is 0 Å². The van der Waals surface area contributed by atoms with Gasteiger partial charge >= 0.3 is 0 Å². The van der Waals surface area contributed by atoms with E-state index in [4.69, 9.17) is 11.6 Å². The average Bonchev–Trinajstić information content (AvgIpc) is 2.83. The number of benzene rings is 1. The van der Waals surface area contributed by atoms with Crippen LogP contribution < -0.4 is 4.90 Å². The number of hydrogen-bond acceptors (Lipinski definition) is 5. The van der Waals surface area contributed by atoms with Crippen LogP contribution in [0.5, 0.6) is 0 Å². The predicted octanol–water partition coefficient (Wildman–Crippen LogP) is 0.995. The highest BCUT2D eigenvalue weighted by molar-refractivity contribution is 6.36. The molecule has 7 heteroatoms. The molecule has 2 heterocycles. The summed E-state index contributed by atoms with van der Waals surface area (Å²) in [7, 11) is 0. The maximum Gasteiger partial charge on any atom is 0.251 e. The van der Waals surface area contributed by atoms with Crippen molar-refractivity contribution < 1.29 is 19.8 Å². The lowest BCUT2D eigenvalue weighted by Gasteiger charge is -2.35. The highest BCUT2D eigenvalue weighted by Gasteiger charge is 2.44. The number of likely N-dealkylation sites (tertiary alicyclic amines) is 1. The van der Waals surface area contributed by atoms with Gasteiger partial charge in [0.25, 0.3) is 5.91 Å². The van der Waals surface area contributed by atoms with Crippen molar-refractivity contribution in [1.82, 2.24) is 4.90 Å². The first-order valence-corrected chi connectivity index (χ1v) is 8.08. The van der Waals surface area contributed by atoms with Crippen LogP contribution in [0.4, 0.5) is 5.69 Å². The molecule has 0 saturated carbocycles. The number of aliphatic hydroxyl groups excluding tert-OH is 1. The van der Waals surface area contributed by atoms with Gasteiger partial charge in [-0.3, -0.25) is 14.5 Å². The fourth-order valence-electron chi connectivity index (χ4n) is 3.32. The van der Waals surface area contributed by atoms with Crippen molar-refractivity contribution in [2.45, 2.75) is 31.6 Å². The Morgan fingerprint density at radius 3 is 2.39 bits per heavy atom. The Balaban J connectivity index is 1.74. The van der Waals surface area contributed by atoms with Crippen LogP contribution in [0.1, 0.15) is 19.3 Å². The number of amides is 2. The third-order valence-electron chi connectivity index (χ3n) is 4.65. The molecule has 0 unspecified atom stereocenters. The van der Waals surface area contributed by atoms with Crippen molar-refractivity contribution in [3.63, 3.8) is 0 Å². The lowest BCUT2D eigenvalue weighted by molar-refractivity contribution is -0.124. The van der Waals surface area contributed by atoms with E-state index in [1.165, 1.54) is 4.90 Å². The molecular formula is C16H19ClN2O4. The van der Waals surface area contributed by atoms with Gasteiger partial charge in [-0.05, 0) is 38.1 Å². The Morgan fingerprint density at radius 2 is 1.78 bits per heavy atom. The van der Waals surface area contributed by atoms with E-state index in [-0.39, 0.29) is 24.2 Å². The van der Waals surface area contributed by atoms with Crippen LogP contribution in [0.3, 0.4) is 0 Å². The van der Waals surface area contributed by atoms with Gasteiger partial charge in [-0.15, -0.1) is 0 Å². The lowest BCUT2D eigenvalue weighted by Crippen LogP contribution is -2.47. The molecule has 0 spiro atoms. The molecule has 6 nitrogen and oxygen atoms in total. The SMILES string of the molecule is O=C1C[C@H](N2CCC(C(O)O)CC2)C(=O)N1c1ccccc1Cl. The van der Waals surface area contributed by atoms with Crippen molar-refractivity contribution in [2.75, 3.05) is 18.0 Å². The van der Waals surface area contributed by atoms with Gasteiger partial charge in [-0.1, -0.05) is 23.7 Å². The zero-order chi connectivity index (χ0) is 16.6. The summed E-state index contributed by atoms with van der Waals surface area (Å²) in [4.78, 5) is 28.1. The molecule has 2 aliphatic rings. The summed E-state index contributed by atoms with van der Waals surface area (Å²) in [5, 5.41) is 18.8. The smallest absolute Gasteiger partial charge is 0.251 e. The summed E-state index contributed by atoms with van der Waals surface area (Å²) in [5.74, 6) is -0.679. The Labute approximate surface area is 139 Å². The molecule has 3 rings (SSSR count). The number of nitrogens with zero attached hydrogens (tertiary/aromatic N) is 2. The number of carbonyl (C=O) groups excluding carboxylic acids is 2. The first-order chi connectivity index (χ1) is 11.0. The van der Waals surface area contributed by atoms with E-state index in [1.54, 1.807) is 24.3 Å². The van der Waals surface area contributed by atoms with E-state index in [1.807, 2.05) is 4.90 Å². The molecule has 0 bridgehead atoms. The fourth-order valence-corrected chi connectivity index (χ4v) is 3.54. The second-order valence-electron chi connectivity index (χ2n) is 6.03. The van der Waals surface area contributed by atoms with E-state index in [0.29, 0.717) is 36.6 Å². The molecule has 1 atom stereocenters. The molecule has 1 aromatic carbocycles. The largest absolute Gasteiger partial charge is 0.368 e. The molecule has 1 aromatic rings. The maximum atomic E-state index is 12.7. The van der Waals surface area contributed by atoms with E-state index in [0.717, 1.165) is 0 Å². The van der Waals surface area contributed by atoms with Crippen LogP contribution in [0.2, 0.25) is 5.02 Å². The van der Waals surface area contributed by atoms with Gasteiger partial charge < -0.3 is 10.2 Å². The average molecular weight is 339 g/mol. The lowest BCUT2D eigenvalue weighted by atomic mass is 9.95. The third-order valence-corrected chi connectivity index (χ3v) is 4.97. The van der Waals surface area contributed by atoms with Gasteiger partial charge in [0.15, 0.2) is 6.29 Å². The Hall–Kier alpha value is -1.47. The number of halogens is 1. The number of carbonyl (C=O) groups is 2. The quantitative estimate of drug-likeness (QED) is 0.634. The standard InChI is InChI=1S/C16H19ClN2O4/c17-11-3-1-2-4-12(11)19-14(20)9-13(15(19)21)18-7-5-10(6-8-18)16(22)23/h1-4,10,13,16,22-23H,5-9H2/t13-/m0/s1. The van der Waals surface area contributed by atoms with Crippen molar-refractivity contribution in [3.05, 3.63) is 29.3 Å². The van der Waals surface area contributed by atoms with Gasteiger partial charge in [0.05, 0.1) is 23.2 Å². The van der Waals surface area contributed by atoms with Crippen molar-refractivity contribution in [3.8, 4) is 0 Å². The monoisotopic (exact) mass is 338 g/mol. The predicted molar refractivity (Wildman–Crippen MR) is 84.9 cm³/mol. The summed E-state index contributed by atoms with van der Waals surface area (Å²) in [6.45, 7) is 1.14. The van der Waals surface area contributed by atoms with Crippen LogP contribution in [0.15, 0.2) is 24.3 Å². The number of para-hydroxylation sites is 1. The first kappa shape index (κ1) is 16.4. The van der Waals surface area contributed by atoms with Gasteiger partial charge in [-0.25, -0.2) is 4.90 Å². The first-order valence-electron chi connectivity index (χ1n) is 7.70. The molecule has 23 heavy (non-hydrogen) atoms. The van der Waals surface area contributed by atoms with E-state index in [9.17, 15) is 19.8 Å². The second kappa shape index (κ2) is 6.57. The summed E-state index contributed by atoms with van der Waals surface area (Å²) in [6, 6.07) is 6.31. The molecule has 0 aliphatic carbocycles. The molecule has 2 N–H and O–H groups in total. The van der Waals surface area contributed by atoms with Gasteiger partial charge in [0, 0.05) is 5.92 Å². The fraction of sp³-hybridized carbons (Fsp3) is 0.500. The summed E-state index contributed by atoms with van der Waals surface area (Å²) in [5.41, 5.74) is 0.423. The number of imide groups is 1. The molecule has 2 amide bonds. The van der Waals surface area contributed by atoms with Crippen LogP contribution >= 0.6 is 11.6 Å². The normalized spacial score (nSPS) is 24.0. The summed E-state index contributed by atoms with van der Waals surface area (Å²) in [6.07, 6.45) is 0.0116. The third kappa shape index (κ3) is 3.12. The molecule has 0 radical (unpaired) electrons. The summed E-state index contributed by atoms with van der Waals surface area (Å²) < 4.78 is 0. The topological polar surface area (TPSA) is 81.1 Å². The highest BCUT2D eigenvalue weighted by Crippen LogP contribution is 2.32. The van der Waals surface area contributed by atoms with E-state index < -0.39 is 12.3 Å². The van der Waals surface area contributed by atoms with Crippen molar-refractivity contribution >= 4 is 29.1 Å². The Morgan fingerprint density at radius 1 is 1.13 bits per heavy atom. The van der Waals surface area contributed by atoms with E-state index >= 15 is 0 Å². The number of rotatable bonds is 3. The number of hydrogen-bond donors (Lipinski definition) is 2. The number of anilines is 1. The Bertz CT molecular complexity index is 614. The van der Waals surface area contributed by atoms with Gasteiger partial charge in [0.1, 0.15) is 0 Å². The van der Waals surface area contributed by atoms with Crippen LogP contribution in [0, 0.1) is 5.92 Å².